The molecule has 1 aliphatic rings. The van der Waals surface area contributed by atoms with Gasteiger partial charge in [0.1, 0.15) is 0 Å². The summed E-state index contributed by atoms with van der Waals surface area (Å²) in [4.78, 5) is 23.7. The fraction of sp³-hybridized carbons (Fsp3) is 0.412. The van der Waals surface area contributed by atoms with Crippen LogP contribution in [-0.4, -0.2) is 37.6 Å². The maximum Gasteiger partial charge on any atom is 0.319 e. The molecule has 0 spiro atoms. The number of amides is 3. The van der Waals surface area contributed by atoms with Crippen LogP contribution in [0.2, 0.25) is 0 Å². The van der Waals surface area contributed by atoms with Crippen molar-refractivity contribution in [3.8, 4) is 0 Å². The quantitative estimate of drug-likeness (QED) is 0.626. The highest BCUT2D eigenvalue weighted by Gasteiger charge is 2.09. The molecule has 1 aliphatic heterocycles. The van der Waals surface area contributed by atoms with Gasteiger partial charge >= 0.3 is 6.03 Å². The lowest BCUT2D eigenvalue weighted by Crippen LogP contribution is -2.34. The molecular formula is C17H24N4O2. The predicted molar refractivity (Wildman–Crippen MR) is 91.6 cm³/mol. The maximum absolute atomic E-state index is 12.1. The minimum absolute atomic E-state index is 0.0735. The van der Waals surface area contributed by atoms with Gasteiger partial charge < -0.3 is 21.3 Å². The van der Waals surface area contributed by atoms with Gasteiger partial charge in [0.15, 0.2) is 0 Å². The molecule has 0 radical (unpaired) electrons. The Morgan fingerprint density at radius 3 is 2.57 bits per heavy atom. The standard InChI is InChI=1S/C17H24N4O2/c1-12(2)20-17(23)21-15-5-3-14(4-6-15)16(22)19-11-13-7-9-18-10-8-13/h3-7,12,18H,8-11H2,1-2H3,(H,19,22)(H2,20,21,23). The minimum atomic E-state index is -0.255. The molecule has 1 aromatic rings. The molecule has 124 valence electrons. The average molecular weight is 316 g/mol. The van der Waals surface area contributed by atoms with Crippen LogP contribution in [0, 0.1) is 0 Å². The lowest BCUT2D eigenvalue weighted by atomic mass is 10.1. The van der Waals surface area contributed by atoms with E-state index in [4.69, 9.17) is 0 Å². The van der Waals surface area contributed by atoms with Crippen LogP contribution in [-0.2, 0) is 0 Å². The van der Waals surface area contributed by atoms with Crippen LogP contribution >= 0.6 is 0 Å². The molecule has 0 saturated carbocycles. The fourth-order valence-corrected chi connectivity index (χ4v) is 2.26. The Balaban J connectivity index is 1.84. The highest BCUT2D eigenvalue weighted by Crippen LogP contribution is 2.10. The summed E-state index contributed by atoms with van der Waals surface area (Å²) in [5.41, 5.74) is 2.48. The van der Waals surface area contributed by atoms with Crippen LogP contribution in [0.25, 0.3) is 0 Å². The Morgan fingerprint density at radius 2 is 1.96 bits per heavy atom. The van der Waals surface area contributed by atoms with Crippen LogP contribution in [0.3, 0.4) is 0 Å². The Bertz CT molecular complexity index is 579. The molecule has 3 amide bonds. The third-order valence-corrected chi connectivity index (χ3v) is 3.46. The molecule has 0 aromatic heterocycles. The molecule has 0 bridgehead atoms. The fourth-order valence-electron chi connectivity index (χ4n) is 2.26. The zero-order chi connectivity index (χ0) is 16.7. The normalized spacial score (nSPS) is 14.1. The van der Waals surface area contributed by atoms with Gasteiger partial charge in [-0.15, -0.1) is 0 Å². The summed E-state index contributed by atoms with van der Waals surface area (Å²) in [5.74, 6) is -0.109. The highest BCUT2D eigenvalue weighted by atomic mass is 16.2. The highest BCUT2D eigenvalue weighted by molar-refractivity contribution is 5.95. The summed E-state index contributed by atoms with van der Waals surface area (Å²) in [6.07, 6.45) is 3.08. The summed E-state index contributed by atoms with van der Waals surface area (Å²) >= 11 is 0. The van der Waals surface area contributed by atoms with E-state index in [1.165, 1.54) is 5.57 Å². The molecule has 6 nitrogen and oxygen atoms in total. The van der Waals surface area contributed by atoms with Gasteiger partial charge in [0.05, 0.1) is 0 Å². The second-order valence-electron chi connectivity index (χ2n) is 5.83. The van der Waals surface area contributed by atoms with Crippen molar-refractivity contribution < 1.29 is 9.59 Å². The largest absolute Gasteiger partial charge is 0.348 e. The van der Waals surface area contributed by atoms with E-state index in [-0.39, 0.29) is 18.0 Å². The zero-order valence-electron chi connectivity index (χ0n) is 13.6. The van der Waals surface area contributed by atoms with Crippen molar-refractivity contribution in [2.45, 2.75) is 26.3 Å². The third-order valence-electron chi connectivity index (χ3n) is 3.46. The molecule has 2 rings (SSSR count). The van der Waals surface area contributed by atoms with Gasteiger partial charge in [0.2, 0.25) is 0 Å². The monoisotopic (exact) mass is 316 g/mol. The molecule has 23 heavy (non-hydrogen) atoms. The number of hydrogen-bond donors (Lipinski definition) is 4. The van der Waals surface area contributed by atoms with E-state index in [9.17, 15) is 9.59 Å². The summed E-state index contributed by atoms with van der Waals surface area (Å²) in [6, 6.07) is 6.67. The van der Waals surface area contributed by atoms with E-state index in [2.05, 4.69) is 27.3 Å². The Labute approximate surface area is 136 Å². The van der Waals surface area contributed by atoms with Crippen LogP contribution in [0.1, 0.15) is 30.6 Å². The first-order chi connectivity index (χ1) is 11.0. The van der Waals surface area contributed by atoms with Gasteiger partial charge in [0.25, 0.3) is 5.91 Å². The summed E-state index contributed by atoms with van der Waals surface area (Å²) in [7, 11) is 0. The van der Waals surface area contributed by atoms with E-state index < -0.39 is 0 Å². The molecule has 1 aromatic carbocycles. The lowest BCUT2D eigenvalue weighted by Gasteiger charge is -2.14. The van der Waals surface area contributed by atoms with E-state index in [0.29, 0.717) is 17.8 Å². The average Bonchev–Trinajstić information content (AvgIpc) is 2.53. The summed E-state index contributed by atoms with van der Waals surface area (Å²) in [5, 5.41) is 11.6. The summed E-state index contributed by atoms with van der Waals surface area (Å²) in [6.45, 7) is 6.19. The number of rotatable bonds is 5. The third kappa shape index (κ3) is 5.75. The van der Waals surface area contributed by atoms with Gasteiger partial charge in [-0.25, -0.2) is 4.79 Å². The van der Waals surface area contributed by atoms with Crippen LogP contribution in [0.4, 0.5) is 10.5 Å². The lowest BCUT2D eigenvalue weighted by molar-refractivity contribution is 0.0956. The van der Waals surface area contributed by atoms with Crippen molar-refractivity contribution in [3.05, 3.63) is 41.5 Å². The topological polar surface area (TPSA) is 82.3 Å². The van der Waals surface area contributed by atoms with Gasteiger partial charge in [-0.2, -0.15) is 0 Å². The first-order valence-corrected chi connectivity index (χ1v) is 7.89. The maximum atomic E-state index is 12.1. The van der Waals surface area contributed by atoms with Crippen LogP contribution in [0.15, 0.2) is 35.9 Å². The van der Waals surface area contributed by atoms with Gasteiger partial charge in [0, 0.05) is 30.4 Å². The van der Waals surface area contributed by atoms with E-state index in [0.717, 1.165) is 19.5 Å². The van der Waals surface area contributed by atoms with Gasteiger partial charge in [-0.3, -0.25) is 4.79 Å². The molecule has 0 saturated heterocycles. The second kappa shape index (κ2) is 8.33. The first kappa shape index (κ1) is 17.0. The molecular weight excluding hydrogens is 292 g/mol. The molecule has 4 N–H and O–H groups in total. The second-order valence-corrected chi connectivity index (χ2v) is 5.83. The molecule has 0 fully saturated rings. The zero-order valence-corrected chi connectivity index (χ0v) is 13.6. The Morgan fingerprint density at radius 1 is 1.22 bits per heavy atom. The van der Waals surface area contributed by atoms with Gasteiger partial charge in [-0.05, 0) is 51.1 Å². The molecule has 1 heterocycles. The number of urea groups is 1. The van der Waals surface area contributed by atoms with Gasteiger partial charge in [-0.1, -0.05) is 11.6 Å². The van der Waals surface area contributed by atoms with E-state index in [1.54, 1.807) is 24.3 Å². The number of hydrogen-bond acceptors (Lipinski definition) is 3. The smallest absolute Gasteiger partial charge is 0.319 e. The first-order valence-electron chi connectivity index (χ1n) is 7.89. The molecule has 6 heteroatoms. The van der Waals surface area contributed by atoms with Crippen molar-refractivity contribution in [1.29, 1.82) is 0 Å². The Kier molecular flexibility index (Phi) is 6.17. The van der Waals surface area contributed by atoms with Crippen molar-refractivity contribution in [3.63, 3.8) is 0 Å². The number of benzene rings is 1. The van der Waals surface area contributed by atoms with Crippen LogP contribution < -0.4 is 21.3 Å². The number of nitrogens with one attached hydrogen (secondary N) is 4. The number of carbonyl (C=O) groups is 2. The minimum Gasteiger partial charge on any atom is -0.348 e. The van der Waals surface area contributed by atoms with Crippen LogP contribution in [0.5, 0.6) is 0 Å². The number of carbonyl (C=O) groups excluding carboxylic acids is 2. The Hall–Kier alpha value is -2.34. The van der Waals surface area contributed by atoms with E-state index >= 15 is 0 Å². The predicted octanol–water partition coefficient (Wildman–Crippen LogP) is 1.87. The van der Waals surface area contributed by atoms with Crippen molar-refractivity contribution in [2.75, 3.05) is 25.0 Å². The van der Waals surface area contributed by atoms with Crippen molar-refractivity contribution >= 4 is 17.6 Å². The molecule has 0 unspecified atom stereocenters. The summed E-state index contributed by atoms with van der Waals surface area (Å²) < 4.78 is 0. The molecule has 0 atom stereocenters. The SMILES string of the molecule is CC(C)NC(=O)Nc1ccc(C(=O)NCC2=CCNCC2)cc1. The number of anilines is 1. The van der Waals surface area contributed by atoms with Crippen molar-refractivity contribution in [1.82, 2.24) is 16.0 Å². The molecule has 0 aliphatic carbocycles. The van der Waals surface area contributed by atoms with Crippen molar-refractivity contribution in [2.24, 2.45) is 0 Å². The van der Waals surface area contributed by atoms with E-state index in [1.807, 2.05) is 13.8 Å².